The Morgan fingerprint density at radius 3 is 2.64 bits per heavy atom. The molecule has 168 valence electrons. The molecule has 1 fully saturated rings. The molecule has 1 saturated heterocycles. The van der Waals surface area contributed by atoms with Gasteiger partial charge in [0.2, 0.25) is 0 Å². The third-order valence-electron chi connectivity index (χ3n) is 6.38. The number of aromatic nitrogens is 1. The molecule has 5 rings (SSSR count). The van der Waals surface area contributed by atoms with Crippen molar-refractivity contribution in [3.63, 3.8) is 0 Å². The number of carbonyl (C=O) groups excluding carboxylic acids is 1. The maximum absolute atomic E-state index is 10.7. The van der Waals surface area contributed by atoms with Crippen molar-refractivity contribution in [1.29, 1.82) is 0 Å². The molecule has 0 unspecified atom stereocenters. The van der Waals surface area contributed by atoms with Crippen molar-refractivity contribution in [1.82, 2.24) is 4.98 Å². The molecule has 0 spiro atoms. The minimum Gasteiger partial charge on any atom is -0.494 e. The normalized spacial score (nSPS) is 14.5. The molecule has 1 aromatic heterocycles. The number of carbonyl (C=O) groups is 1. The summed E-state index contributed by atoms with van der Waals surface area (Å²) in [5.74, 6) is 1.54. The van der Waals surface area contributed by atoms with Crippen molar-refractivity contribution < 1.29 is 9.53 Å². The zero-order valence-corrected chi connectivity index (χ0v) is 19.5. The molecule has 1 aliphatic rings. The average Bonchev–Trinajstić information content (AvgIpc) is 3.29. The van der Waals surface area contributed by atoms with E-state index in [9.17, 15) is 4.79 Å². The summed E-state index contributed by atoms with van der Waals surface area (Å²) in [4.78, 5) is 18.1. The van der Waals surface area contributed by atoms with Crippen LogP contribution in [0.5, 0.6) is 5.75 Å². The van der Waals surface area contributed by atoms with Crippen molar-refractivity contribution >= 4 is 33.0 Å². The van der Waals surface area contributed by atoms with Crippen LogP contribution in [0, 0.1) is 5.92 Å². The summed E-state index contributed by atoms with van der Waals surface area (Å²) >= 11 is 1.80. The summed E-state index contributed by atoms with van der Waals surface area (Å²) in [5, 5.41) is 1.14. The van der Waals surface area contributed by atoms with Crippen LogP contribution in [0.15, 0.2) is 72.8 Å². The Kier molecular flexibility index (Phi) is 6.68. The van der Waals surface area contributed by atoms with E-state index in [1.807, 2.05) is 24.3 Å². The monoisotopic (exact) mass is 456 g/mol. The second-order valence-electron chi connectivity index (χ2n) is 8.63. The van der Waals surface area contributed by atoms with Gasteiger partial charge in [-0.05, 0) is 66.1 Å². The topological polar surface area (TPSA) is 42.4 Å². The molecule has 0 amide bonds. The number of nitrogens with zero attached hydrogens (tertiary/aromatic N) is 2. The summed E-state index contributed by atoms with van der Waals surface area (Å²) in [6, 6.07) is 24.9. The summed E-state index contributed by atoms with van der Waals surface area (Å²) in [6.07, 6.45) is 4.76. The molecule has 0 N–H and O–H groups in total. The average molecular weight is 457 g/mol. The van der Waals surface area contributed by atoms with Crippen LogP contribution >= 0.6 is 11.3 Å². The van der Waals surface area contributed by atoms with Gasteiger partial charge in [0.15, 0.2) is 5.13 Å². The standard InChI is InChI=1S/C28H28N2O2S/c31-17-13-22-5-4-8-25(19-22)32-18-14-21-11-15-30(16-12-21)28-29-26-10-9-24(20-27(26)33-28)23-6-2-1-3-7-23/h1-10,17,19-21H,11-16,18H2. The zero-order valence-electron chi connectivity index (χ0n) is 18.7. The predicted molar refractivity (Wildman–Crippen MR) is 136 cm³/mol. The number of ether oxygens (including phenoxy) is 1. The number of aldehydes is 1. The third-order valence-corrected chi connectivity index (χ3v) is 7.46. The van der Waals surface area contributed by atoms with E-state index in [1.165, 1.54) is 28.7 Å². The molecule has 33 heavy (non-hydrogen) atoms. The van der Waals surface area contributed by atoms with Crippen LogP contribution in [-0.2, 0) is 11.2 Å². The van der Waals surface area contributed by atoms with Gasteiger partial charge < -0.3 is 14.4 Å². The lowest BCUT2D eigenvalue weighted by Crippen LogP contribution is -2.34. The number of hydrogen-bond acceptors (Lipinski definition) is 5. The van der Waals surface area contributed by atoms with Gasteiger partial charge >= 0.3 is 0 Å². The van der Waals surface area contributed by atoms with Gasteiger partial charge in [0.1, 0.15) is 12.0 Å². The Morgan fingerprint density at radius 1 is 0.970 bits per heavy atom. The van der Waals surface area contributed by atoms with E-state index in [-0.39, 0.29) is 0 Å². The van der Waals surface area contributed by atoms with E-state index in [1.54, 1.807) is 11.3 Å². The van der Waals surface area contributed by atoms with E-state index in [0.717, 1.165) is 54.4 Å². The van der Waals surface area contributed by atoms with E-state index in [0.29, 0.717) is 12.3 Å². The van der Waals surface area contributed by atoms with E-state index in [2.05, 4.69) is 53.4 Å². The molecule has 3 aromatic carbocycles. The first-order valence-corrected chi connectivity index (χ1v) is 12.5. The number of piperidine rings is 1. The highest BCUT2D eigenvalue weighted by Crippen LogP contribution is 2.34. The molecule has 5 heteroatoms. The maximum atomic E-state index is 10.7. The van der Waals surface area contributed by atoms with Gasteiger partial charge in [-0.1, -0.05) is 59.9 Å². The zero-order chi connectivity index (χ0) is 22.5. The second-order valence-corrected chi connectivity index (χ2v) is 9.64. The molecule has 0 saturated carbocycles. The molecule has 0 radical (unpaired) electrons. The maximum Gasteiger partial charge on any atom is 0.186 e. The summed E-state index contributed by atoms with van der Waals surface area (Å²) in [7, 11) is 0. The fourth-order valence-corrected chi connectivity index (χ4v) is 5.53. The van der Waals surface area contributed by atoms with Gasteiger partial charge in [0, 0.05) is 19.5 Å². The van der Waals surface area contributed by atoms with Crippen molar-refractivity contribution in [2.75, 3.05) is 24.6 Å². The molecule has 4 nitrogen and oxygen atoms in total. The quantitative estimate of drug-likeness (QED) is 0.288. The van der Waals surface area contributed by atoms with Crippen LogP contribution in [0.3, 0.4) is 0 Å². The third kappa shape index (κ3) is 5.25. The minimum absolute atomic E-state index is 0.439. The number of fused-ring (bicyclic) bond motifs is 1. The Hall–Kier alpha value is -3.18. The van der Waals surface area contributed by atoms with Crippen LogP contribution in [0.4, 0.5) is 5.13 Å². The van der Waals surface area contributed by atoms with E-state index in [4.69, 9.17) is 9.72 Å². The van der Waals surface area contributed by atoms with Gasteiger partial charge in [0.05, 0.1) is 16.8 Å². The molecule has 4 aromatic rings. The van der Waals surface area contributed by atoms with Gasteiger partial charge in [-0.3, -0.25) is 0 Å². The van der Waals surface area contributed by atoms with Crippen LogP contribution in [-0.4, -0.2) is 31.0 Å². The number of anilines is 1. The van der Waals surface area contributed by atoms with Crippen LogP contribution < -0.4 is 9.64 Å². The second kappa shape index (κ2) is 10.2. The fourth-order valence-electron chi connectivity index (χ4n) is 4.47. The fraction of sp³-hybridized carbons (Fsp3) is 0.286. The lowest BCUT2D eigenvalue weighted by molar-refractivity contribution is -0.107. The first-order chi connectivity index (χ1) is 16.3. The number of hydrogen-bond donors (Lipinski definition) is 0. The van der Waals surface area contributed by atoms with Crippen molar-refractivity contribution in [3.8, 4) is 16.9 Å². The van der Waals surface area contributed by atoms with Crippen molar-refractivity contribution in [2.24, 2.45) is 5.92 Å². The smallest absolute Gasteiger partial charge is 0.186 e. The lowest BCUT2D eigenvalue weighted by Gasteiger charge is -2.31. The molecule has 0 bridgehead atoms. The first-order valence-electron chi connectivity index (χ1n) is 11.6. The SMILES string of the molecule is O=CCc1cccc(OCCC2CCN(c3nc4ccc(-c5ccccc5)cc4s3)CC2)c1. The Morgan fingerprint density at radius 2 is 1.82 bits per heavy atom. The van der Waals surface area contributed by atoms with Crippen LogP contribution in [0.2, 0.25) is 0 Å². The molecular weight excluding hydrogens is 428 g/mol. The minimum atomic E-state index is 0.439. The highest BCUT2D eigenvalue weighted by atomic mass is 32.1. The van der Waals surface area contributed by atoms with Crippen molar-refractivity contribution in [2.45, 2.75) is 25.7 Å². The molecular formula is C28H28N2O2S. The highest BCUT2D eigenvalue weighted by molar-refractivity contribution is 7.22. The molecule has 0 atom stereocenters. The number of rotatable bonds is 8. The Balaban J connectivity index is 1.15. The summed E-state index contributed by atoms with van der Waals surface area (Å²) < 4.78 is 7.20. The lowest BCUT2D eigenvalue weighted by atomic mass is 9.94. The molecule has 0 aliphatic carbocycles. The van der Waals surface area contributed by atoms with Gasteiger partial charge in [0.25, 0.3) is 0 Å². The molecule has 1 aliphatic heterocycles. The number of benzene rings is 3. The van der Waals surface area contributed by atoms with Crippen LogP contribution in [0.25, 0.3) is 21.3 Å². The van der Waals surface area contributed by atoms with Gasteiger partial charge in [-0.15, -0.1) is 0 Å². The van der Waals surface area contributed by atoms with Crippen molar-refractivity contribution in [3.05, 3.63) is 78.4 Å². The predicted octanol–water partition coefficient (Wildman–Crippen LogP) is 6.39. The summed E-state index contributed by atoms with van der Waals surface area (Å²) in [5.41, 5.74) is 4.58. The van der Waals surface area contributed by atoms with E-state index < -0.39 is 0 Å². The highest BCUT2D eigenvalue weighted by Gasteiger charge is 2.21. The van der Waals surface area contributed by atoms with Crippen LogP contribution in [0.1, 0.15) is 24.8 Å². The molecule has 2 heterocycles. The summed E-state index contributed by atoms with van der Waals surface area (Å²) in [6.45, 7) is 2.81. The van der Waals surface area contributed by atoms with E-state index >= 15 is 0 Å². The Bertz CT molecular complexity index is 1210. The van der Waals surface area contributed by atoms with Gasteiger partial charge in [-0.2, -0.15) is 0 Å². The Labute approximate surface area is 198 Å². The largest absolute Gasteiger partial charge is 0.494 e. The first kappa shape index (κ1) is 21.7. The van der Waals surface area contributed by atoms with Gasteiger partial charge in [-0.25, -0.2) is 4.98 Å². The number of thiazole rings is 1.